The normalized spacial score (nSPS) is 16.8. The van der Waals surface area contributed by atoms with Crippen LogP contribution in [0.2, 0.25) is 0 Å². The van der Waals surface area contributed by atoms with Crippen LogP contribution in [0.1, 0.15) is 32.1 Å². The number of aromatic hydroxyl groups is 1. The molecule has 1 aliphatic rings. The predicted octanol–water partition coefficient (Wildman–Crippen LogP) is 2.64. The molecule has 0 bridgehead atoms. The number of anilines is 1. The van der Waals surface area contributed by atoms with Crippen LogP contribution in [-0.4, -0.2) is 49.2 Å². The molecule has 5 heteroatoms. The summed E-state index contributed by atoms with van der Waals surface area (Å²) in [7, 11) is 4.08. The predicted molar refractivity (Wildman–Crippen MR) is 92.6 cm³/mol. The fourth-order valence-corrected chi connectivity index (χ4v) is 2.63. The van der Waals surface area contributed by atoms with Crippen molar-refractivity contribution in [3.8, 4) is 5.75 Å². The van der Waals surface area contributed by atoms with Gasteiger partial charge in [0.2, 0.25) is 0 Å². The Morgan fingerprint density at radius 3 is 2.64 bits per heavy atom. The molecule has 1 aromatic carbocycles. The van der Waals surface area contributed by atoms with E-state index in [0.29, 0.717) is 11.7 Å². The molecule has 5 nitrogen and oxygen atoms in total. The van der Waals surface area contributed by atoms with Crippen molar-refractivity contribution in [2.75, 3.05) is 32.5 Å². The van der Waals surface area contributed by atoms with Crippen LogP contribution in [0.25, 0.3) is 0 Å². The maximum absolute atomic E-state index is 9.93. The largest absolute Gasteiger partial charge is 0.506 e. The van der Waals surface area contributed by atoms with E-state index in [4.69, 9.17) is 0 Å². The minimum absolute atomic E-state index is 0.244. The Labute approximate surface area is 133 Å². The zero-order chi connectivity index (χ0) is 15.8. The lowest BCUT2D eigenvalue weighted by Gasteiger charge is -2.25. The number of para-hydroxylation sites is 2. The number of phenols is 1. The number of hydrogen-bond acceptors (Lipinski definition) is 3. The first-order chi connectivity index (χ1) is 10.6. The highest BCUT2D eigenvalue weighted by molar-refractivity contribution is 5.95. The fraction of sp³-hybridized carbons (Fsp3) is 0.588. The fourth-order valence-electron chi connectivity index (χ4n) is 2.63. The third-order valence-corrected chi connectivity index (χ3v) is 3.92. The first-order valence-corrected chi connectivity index (χ1v) is 8.16. The van der Waals surface area contributed by atoms with Gasteiger partial charge in [-0.15, -0.1) is 0 Å². The van der Waals surface area contributed by atoms with E-state index in [1.54, 1.807) is 6.07 Å². The van der Waals surface area contributed by atoms with Crippen LogP contribution < -0.4 is 10.6 Å². The molecule has 1 aromatic rings. The topological polar surface area (TPSA) is 59.9 Å². The van der Waals surface area contributed by atoms with E-state index in [1.807, 2.05) is 32.3 Å². The van der Waals surface area contributed by atoms with E-state index >= 15 is 0 Å². The van der Waals surface area contributed by atoms with E-state index in [0.717, 1.165) is 19.0 Å². The lowest BCUT2D eigenvalue weighted by molar-refractivity contribution is 0.409. The van der Waals surface area contributed by atoms with Crippen LogP contribution in [0.5, 0.6) is 5.75 Å². The molecule has 2 rings (SSSR count). The van der Waals surface area contributed by atoms with Crippen LogP contribution in [0.3, 0.4) is 0 Å². The summed E-state index contributed by atoms with van der Waals surface area (Å²) in [5.74, 6) is 1.00. The molecular weight excluding hydrogens is 276 g/mol. The summed E-state index contributed by atoms with van der Waals surface area (Å²) in [5, 5.41) is 16.7. The highest BCUT2D eigenvalue weighted by atomic mass is 16.3. The SMILES string of the molecule is CN(C)CCN=C(Nc1ccccc1O)NC1CCCCC1. The summed E-state index contributed by atoms with van der Waals surface area (Å²) in [4.78, 5) is 6.75. The Morgan fingerprint density at radius 1 is 1.23 bits per heavy atom. The average Bonchev–Trinajstić information content (AvgIpc) is 2.50. The van der Waals surface area contributed by atoms with Gasteiger partial charge >= 0.3 is 0 Å². The molecule has 1 fully saturated rings. The lowest BCUT2D eigenvalue weighted by Crippen LogP contribution is -2.40. The molecule has 0 atom stereocenters. The third-order valence-electron chi connectivity index (χ3n) is 3.92. The van der Waals surface area contributed by atoms with Crippen LogP contribution in [0, 0.1) is 0 Å². The maximum Gasteiger partial charge on any atom is 0.196 e. The number of benzene rings is 1. The van der Waals surface area contributed by atoms with Gasteiger partial charge in [-0.3, -0.25) is 4.99 Å². The van der Waals surface area contributed by atoms with Gasteiger partial charge in [0.25, 0.3) is 0 Å². The maximum atomic E-state index is 9.93. The van der Waals surface area contributed by atoms with Crippen molar-refractivity contribution < 1.29 is 5.11 Å². The van der Waals surface area contributed by atoms with Gasteiger partial charge in [0.1, 0.15) is 5.75 Å². The molecule has 1 aliphatic carbocycles. The number of hydrogen-bond donors (Lipinski definition) is 3. The Balaban J connectivity index is 2.01. The smallest absolute Gasteiger partial charge is 0.196 e. The van der Waals surface area contributed by atoms with Gasteiger partial charge in [0.15, 0.2) is 5.96 Å². The molecule has 22 heavy (non-hydrogen) atoms. The van der Waals surface area contributed by atoms with E-state index in [-0.39, 0.29) is 5.75 Å². The van der Waals surface area contributed by atoms with E-state index in [9.17, 15) is 5.11 Å². The standard InChI is InChI=1S/C17H28N4O/c1-21(2)13-12-18-17(19-14-8-4-3-5-9-14)20-15-10-6-7-11-16(15)22/h6-7,10-11,14,22H,3-5,8-9,12-13H2,1-2H3,(H2,18,19,20). The van der Waals surface area contributed by atoms with E-state index in [2.05, 4.69) is 20.5 Å². The van der Waals surface area contributed by atoms with E-state index < -0.39 is 0 Å². The molecule has 0 amide bonds. The summed E-state index contributed by atoms with van der Waals surface area (Å²) in [6.45, 7) is 1.63. The Morgan fingerprint density at radius 2 is 1.95 bits per heavy atom. The molecule has 0 heterocycles. The van der Waals surface area contributed by atoms with Gasteiger partial charge in [-0.05, 0) is 39.1 Å². The Kier molecular flexibility index (Phi) is 6.52. The summed E-state index contributed by atoms with van der Waals surface area (Å²) < 4.78 is 0. The summed E-state index contributed by atoms with van der Waals surface area (Å²) in [5.41, 5.74) is 0.689. The van der Waals surface area contributed by atoms with Crippen molar-refractivity contribution >= 4 is 11.6 Å². The molecule has 122 valence electrons. The number of rotatable bonds is 5. The van der Waals surface area contributed by atoms with Gasteiger partial charge in [0, 0.05) is 12.6 Å². The van der Waals surface area contributed by atoms with Crippen molar-refractivity contribution in [2.24, 2.45) is 4.99 Å². The van der Waals surface area contributed by atoms with Crippen LogP contribution in [-0.2, 0) is 0 Å². The van der Waals surface area contributed by atoms with Crippen molar-refractivity contribution in [3.63, 3.8) is 0 Å². The second-order valence-electron chi connectivity index (χ2n) is 6.16. The van der Waals surface area contributed by atoms with Gasteiger partial charge in [-0.25, -0.2) is 0 Å². The molecule has 0 unspecified atom stereocenters. The first-order valence-electron chi connectivity index (χ1n) is 8.16. The Hall–Kier alpha value is -1.75. The zero-order valence-electron chi connectivity index (χ0n) is 13.7. The first kappa shape index (κ1) is 16.6. The summed E-state index contributed by atoms with van der Waals surface area (Å²) >= 11 is 0. The van der Waals surface area contributed by atoms with Crippen molar-refractivity contribution in [1.82, 2.24) is 10.2 Å². The van der Waals surface area contributed by atoms with Crippen LogP contribution >= 0.6 is 0 Å². The van der Waals surface area contributed by atoms with Crippen molar-refractivity contribution in [3.05, 3.63) is 24.3 Å². The Bertz CT molecular complexity index is 481. The van der Waals surface area contributed by atoms with Gasteiger partial charge in [0.05, 0.1) is 12.2 Å². The lowest BCUT2D eigenvalue weighted by atomic mass is 9.96. The molecule has 0 spiro atoms. The van der Waals surface area contributed by atoms with Crippen molar-refractivity contribution in [1.29, 1.82) is 0 Å². The van der Waals surface area contributed by atoms with Gasteiger partial charge in [-0.1, -0.05) is 31.4 Å². The minimum atomic E-state index is 0.244. The number of aliphatic imine (C=N–C) groups is 1. The highest BCUT2D eigenvalue weighted by Crippen LogP contribution is 2.22. The third kappa shape index (κ3) is 5.56. The molecule has 0 saturated heterocycles. The molecular formula is C17H28N4O. The van der Waals surface area contributed by atoms with Gasteiger partial charge in [-0.2, -0.15) is 0 Å². The molecule has 1 saturated carbocycles. The highest BCUT2D eigenvalue weighted by Gasteiger charge is 2.15. The molecule has 0 aliphatic heterocycles. The number of phenolic OH excluding ortho intramolecular Hbond substituents is 1. The van der Waals surface area contributed by atoms with Crippen LogP contribution in [0.15, 0.2) is 29.3 Å². The monoisotopic (exact) mass is 304 g/mol. The van der Waals surface area contributed by atoms with Gasteiger partial charge < -0.3 is 20.6 Å². The number of nitrogens with one attached hydrogen (secondary N) is 2. The number of nitrogens with zero attached hydrogens (tertiary/aromatic N) is 2. The number of likely N-dealkylation sites (N-methyl/N-ethyl adjacent to an activating group) is 1. The quantitative estimate of drug-likeness (QED) is 0.445. The molecule has 0 radical (unpaired) electrons. The van der Waals surface area contributed by atoms with E-state index in [1.165, 1.54) is 32.1 Å². The van der Waals surface area contributed by atoms with Crippen molar-refractivity contribution in [2.45, 2.75) is 38.1 Å². The summed E-state index contributed by atoms with van der Waals surface area (Å²) in [6, 6.07) is 7.74. The zero-order valence-corrected chi connectivity index (χ0v) is 13.7. The average molecular weight is 304 g/mol. The second kappa shape index (κ2) is 8.63. The van der Waals surface area contributed by atoms with Crippen LogP contribution in [0.4, 0.5) is 5.69 Å². The molecule has 0 aromatic heterocycles. The minimum Gasteiger partial charge on any atom is -0.506 e. The second-order valence-corrected chi connectivity index (χ2v) is 6.16. The number of guanidine groups is 1. The summed E-state index contributed by atoms with van der Waals surface area (Å²) in [6.07, 6.45) is 6.26. The molecule has 3 N–H and O–H groups in total.